The zero-order valence-electron chi connectivity index (χ0n) is 19.5. The van der Waals surface area contributed by atoms with Crippen LogP contribution >= 0.6 is 11.6 Å². The topological polar surface area (TPSA) is 28.5 Å². The first kappa shape index (κ1) is 23.1. The van der Waals surface area contributed by atoms with Gasteiger partial charge in [-0.15, -0.1) is 0 Å². The lowest BCUT2D eigenvalue weighted by molar-refractivity contribution is -0.113. The average Bonchev–Trinajstić information content (AvgIpc) is 3.62. The molecule has 0 bridgehead atoms. The summed E-state index contributed by atoms with van der Waals surface area (Å²) < 4.78 is 2.09. The molecule has 4 nitrogen and oxygen atoms in total. The van der Waals surface area contributed by atoms with E-state index in [4.69, 9.17) is 11.6 Å². The summed E-state index contributed by atoms with van der Waals surface area (Å²) in [6, 6.07) is 16.4. The number of hydrogen-bond donors (Lipinski definition) is 0. The normalized spacial score (nSPS) is 13.7. The van der Waals surface area contributed by atoms with Gasteiger partial charge >= 0.3 is 0 Å². The second-order valence-electron chi connectivity index (χ2n) is 8.72. The van der Waals surface area contributed by atoms with E-state index in [1.54, 1.807) is 18.0 Å². The van der Waals surface area contributed by atoms with Crippen LogP contribution in [0.1, 0.15) is 18.5 Å². The van der Waals surface area contributed by atoms with E-state index in [-0.39, 0.29) is 5.91 Å². The van der Waals surface area contributed by atoms with Crippen molar-refractivity contribution < 1.29 is 4.79 Å². The van der Waals surface area contributed by atoms with Crippen molar-refractivity contribution in [3.05, 3.63) is 82.0 Å². The second kappa shape index (κ2) is 9.42. The van der Waals surface area contributed by atoms with Crippen LogP contribution in [0.3, 0.4) is 0 Å². The maximum Gasteiger partial charge on any atom is 0.250 e. The van der Waals surface area contributed by atoms with Gasteiger partial charge in [0.15, 0.2) is 0 Å². The number of carbonyl (C=O) groups is 1. The molecule has 1 heterocycles. The minimum Gasteiger partial charge on any atom is -0.314 e. The van der Waals surface area contributed by atoms with Crippen molar-refractivity contribution in [2.45, 2.75) is 25.8 Å². The van der Waals surface area contributed by atoms with E-state index in [9.17, 15) is 4.79 Å². The number of anilines is 1. The van der Waals surface area contributed by atoms with Crippen LogP contribution in [-0.4, -0.2) is 42.1 Å². The van der Waals surface area contributed by atoms with Gasteiger partial charge in [0, 0.05) is 63.9 Å². The Balaban J connectivity index is 1.61. The first-order valence-corrected chi connectivity index (χ1v) is 11.6. The SMILES string of the molecule is C=c1c(-c2ccc(Cl)cc2)c(C)n(-c2cccc(N(C)C(=O)C=CCN(C)C3CC3)c2)c1=C. The van der Waals surface area contributed by atoms with Gasteiger partial charge in [-0.3, -0.25) is 9.69 Å². The van der Waals surface area contributed by atoms with Gasteiger partial charge < -0.3 is 9.47 Å². The van der Waals surface area contributed by atoms with E-state index in [0.29, 0.717) is 11.1 Å². The van der Waals surface area contributed by atoms with E-state index in [1.165, 1.54) is 12.8 Å². The van der Waals surface area contributed by atoms with Crippen molar-refractivity contribution in [3.8, 4) is 16.8 Å². The van der Waals surface area contributed by atoms with Crippen LogP contribution in [0.25, 0.3) is 30.0 Å². The van der Waals surface area contributed by atoms with Gasteiger partial charge in [-0.05, 0) is 62.7 Å². The molecule has 170 valence electrons. The van der Waals surface area contributed by atoms with Crippen LogP contribution in [-0.2, 0) is 4.79 Å². The Labute approximate surface area is 200 Å². The summed E-state index contributed by atoms with van der Waals surface area (Å²) in [5.41, 5.74) is 4.91. The molecule has 0 radical (unpaired) electrons. The summed E-state index contributed by atoms with van der Waals surface area (Å²) in [5, 5.41) is 2.41. The Hall–Kier alpha value is -3.08. The number of nitrogens with zero attached hydrogens (tertiary/aromatic N) is 3. The first-order chi connectivity index (χ1) is 15.8. The standard InChI is InChI=1S/C28H30ClN3O/c1-19-20(2)32(21(3)28(19)22-11-13-23(29)14-12-22)26-9-6-8-25(18-26)31(5)27(33)10-7-17-30(4)24-15-16-24/h6-14,18,24H,1-2,15-17H2,3-5H3. The number of amides is 1. The summed E-state index contributed by atoms with van der Waals surface area (Å²) in [7, 11) is 3.90. The minimum atomic E-state index is -0.0462. The van der Waals surface area contributed by atoms with Gasteiger partial charge in [0.25, 0.3) is 0 Å². The molecule has 1 aliphatic carbocycles. The molecule has 1 aromatic heterocycles. The second-order valence-corrected chi connectivity index (χ2v) is 9.15. The first-order valence-electron chi connectivity index (χ1n) is 11.2. The van der Waals surface area contributed by atoms with Crippen LogP contribution < -0.4 is 15.5 Å². The van der Waals surface area contributed by atoms with E-state index < -0.39 is 0 Å². The molecule has 33 heavy (non-hydrogen) atoms. The molecule has 1 aliphatic rings. The maximum absolute atomic E-state index is 12.7. The maximum atomic E-state index is 12.7. The van der Waals surface area contributed by atoms with Crippen LogP contribution in [0.2, 0.25) is 5.02 Å². The molecule has 5 heteroatoms. The molecule has 0 aliphatic heterocycles. The highest BCUT2D eigenvalue weighted by Crippen LogP contribution is 2.26. The number of likely N-dealkylation sites (N-methyl/N-ethyl adjacent to an activating group) is 2. The van der Waals surface area contributed by atoms with E-state index in [0.717, 1.165) is 45.3 Å². The Bertz CT molecular complexity index is 1300. The summed E-state index contributed by atoms with van der Waals surface area (Å²) in [6.45, 7) is 11.4. The number of rotatable bonds is 7. The lowest BCUT2D eigenvalue weighted by Gasteiger charge is -2.18. The molecular formula is C28H30ClN3O. The third kappa shape index (κ3) is 4.82. The fourth-order valence-corrected chi connectivity index (χ4v) is 4.35. The molecule has 0 N–H and O–H groups in total. The van der Waals surface area contributed by atoms with E-state index >= 15 is 0 Å². The van der Waals surface area contributed by atoms with Crippen molar-refractivity contribution >= 4 is 36.4 Å². The summed E-state index contributed by atoms with van der Waals surface area (Å²) in [6.07, 6.45) is 6.12. The fraction of sp³-hybridized carbons (Fsp3) is 0.250. The summed E-state index contributed by atoms with van der Waals surface area (Å²) in [5.74, 6) is -0.0462. The molecule has 2 aromatic carbocycles. The number of carbonyl (C=O) groups excluding carboxylic acids is 1. The van der Waals surface area contributed by atoms with Crippen LogP contribution in [0.15, 0.2) is 60.7 Å². The Morgan fingerprint density at radius 2 is 1.85 bits per heavy atom. The van der Waals surface area contributed by atoms with Gasteiger partial charge in [-0.25, -0.2) is 0 Å². The molecule has 1 saturated carbocycles. The van der Waals surface area contributed by atoms with Gasteiger partial charge in [-0.1, -0.05) is 49.0 Å². The Morgan fingerprint density at radius 1 is 1.15 bits per heavy atom. The zero-order chi connectivity index (χ0) is 23.7. The predicted octanol–water partition coefficient (Wildman–Crippen LogP) is 4.54. The Kier molecular flexibility index (Phi) is 6.59. The molecule has 0 atom stereocenters. The molecule has 1 fully saturated rings. The van der Waals surface area contributed by atoms with Crippen LogP contribution in [0, 0.1) is 6.92 Å². The summed E-state index contributed by atoms with van der Waals surface area (Å²) >= 11 is 6.07. The van der Waals surface area contributed by atoms with Gasteiger partial charge in [0.05, 0.1) is 0 Å². The molecular weight excluding hydrogens is 430 g/mol. The number of aromatic nitrogens is 1. The molecule has 0 unspecified atom stereocenters. The van der Waals surface area contributed by atoms with Crippen molar-refractivity contribution in [1.82, 2.24) is 9.47 Å². The summed E-state index contributed by atoms with van der Waals surface area (Å²) in [4.78, 5) is 16.7. The monoisotopic (exact) mass is 459 g/mol. The fourth-order valence-electron chi connectivity index (χ4n) is 4.22. The van der Waals surface area contributed by atoms with Crippen molar-refractivity contribution in [2.24, 2.45) is 0 Å². The predicted molar refractivity (Wildman–Crippen MR) is 139 cm³/mol. The highest BCUT2D eigenvalue weighted by atomic mass is 35.5. The van der Waals surface area contributed by atoms with Gasteiger partial charge in [-0.2, -0.15) is 0 Å². The average molecular weight is 460 g/mol. The van der Waals surface area contributed by atoms with Crippen LogP contribution in [0.4, 0.5) is 5.69 Å². The van der Waals surface area contributed by atoms with Crippen molar-refractivity contribution in [1.29, 1.82) is 0 Å². The third-order valence-corrected chi connectivity index (χ3v) is 6.63. The highest BCUT2D eigenvalue weighted by Gasteiger charge is 2.25. The third-order valence-electron chi connectivity index (χ3n) is 6.38. The lowest BCUT2D eigenvalue weighted by Crippen LogP contribution is -2.27. The number of benzene rings is 2. The highest BCUT2D eigenvalue weighted by molar-refractivity contribution is 6.30. The molecule has 4 rings (SSSR count). The quantitative estimate of drug-likeness (QED) is 0.485. The molecule has 1 amide bonds. The van der Waals surface area contributed by atoms with Crippen molar-refractivity contribution in [2.75, 3.05) is 25.5 Å². The lowest BCUT2D eigenvalue weighted by atomic mass is 10.1. The number of halogens is 1. The van der Waals surface area contributed by atoms with Gasteiger partial charge in [0.1, 0.15) is 0 Å². The number of hydrogen-bond acceptors (Lipinski definition) is 2. The molecule has 0 saturated heterocycles. The molecule has 0 spiro atoms. The van der Waals surface area contributed by atoms with Crippen molar-refractivity contribution in [3.63, 3.8) is 0 Å². The van der Waals surface area contributed by atoms with Gasteiger partial charge in [0.2, 0.25) is 5.91 Å². The largest absolute Gasteiger partial charge is 0.314 e. The van der Waals surface area contributed by atoms with E-state index in [2.05, 4.69) is 36.6 Å². The zero-order valence-corrected chi connectivity index (χ0v) is 20.3. The molecule has 3 aromatic rings. The Morgan fingerprint density at radius 3 is 2.52 bits per heavy atom. The smallest absolute Gasteiger partial charge is 0.250 e. The van der Waals surface area contributed by atoms with E-state index in [1.807, 2.05) is 54.6 Å². The van der Waals surface area contributed by atoms with Crippen LogP contribution in [0.5, 0.6) is 0 Å². The minimum absolute atomic E-state index is 0.0462.